The molecule has 11 rings (SSSR count). The van der Waals surface area contributed by atoms with Crippen LogP contribution in [0.15, 0.2) is 42.2 Å². The van der Waals surface area contributed by atoms with Gasteiger partial charge in [0.05, 0.1) is 22.1 Å². The minimum absolute atomic E-state index is 0.0226. The van der Waals surface area contributed by atoms with E-state index in [0.29, 0.717) is 49.7 Å². The summed E-state index contributed by atoms with van der Waals surface area (Å²) < 4.78 is 11.2. The van der Waals surface area contributed by atoms with E-state index in [1.165, 1.54) is 11.3 Å². The number of rotatable bonds is 0. The summed E-state index contributed by atoms with van der Waals surface area (Å²) in [5, 5.41) is 4.39. The van der Waals surface area contributed by atoms with E-state index < -0.39 is 0 Å². The van der Waals surface area contributed by atoms with Crippen molar-refractivity contribution in [3.63, 3.8) is 0 Å². The van der Waals surface area contributed by atoms with Crippen LogP contribution in [0, 0.1) is 0 Å². The van der Waals surface area contributed by atoms with Crippen molar-refractivity contribution in [2.75, 3.05) is 0 Å². The normalized spacial score (nSPS) is 18.6. The van der Waals surface area contributed by atoms with E-state index in [4.69, 9.17) is 71.3 Å². The number of ether oxygens (including phenoxy) is 1. The Morgan fingerprint density at radius 2 is 1.54 bits per heavy atom. The first kappa shape index (κ1) is 27.9. The molecular formula is C37H16B7ClN2O. The van der Waals surface area contributed by atoms with Gasteiger partial charge in [0.25, 0.3) is 0 Å². The van der Waals surface area contributed by atoms with Crippen molar-refractivity contribution in [1.82, 2.24) is 8.97 Å². The van der Waals surface area contributed by atoms with Gasteiger partial charge in [-0.25, -0.2) is 0 Å². The van der Waals surface area contributed by atoms with Gasteiger partial charge in [-0.2, -0.15) is 0 Å². The predicted molar refractivity (Wildman–Crippen MR) is 205 cm³/mol. The van der Waals surface area contributed by atoms with Gasteiger partial charge in [0.1, 0.15) is 66.4 Å². The van der Waals surface area contributed by atoms with Gasteiger partial charge in [-0.15, -0.1) is 21.9 Å². The van der Waals surface area contributed by atoms with Crippen LogP contribution in [0.2, 0.25) is 5.02 Å². The van der Waals surface area contributed by atoms with Gasteiger partial charge >= 0.3 is 0 Å². The van der Waals surface area contributed by atoms with Gasteiger partial charge in [0, 0.05) is 67.6 Å². The Balaban J connectivity index is 1.16. The number of hydrogen-bond donors (Lipinski definition) is 0. The summed E-state index contributed by atoms with van der Waals surface area (Å²) in [4.78, 5) is 0. The van der Waals surface area contributed by atoms with Crippen molar-refractivity contribution in [1.29, 1.82) is 0 Å². The maximum atomic E-state index is 6.85. The number of aromatic nitrogens is 2. The fourth-order valence-electron chi connectivity index (χ4n) is 9.34. The summed E-state index contributed by atoms with van der Waals surface area (Å²) >= 11 is 6.85. The van der Waals surface area contributed by atoms with Crippen LogP contribution in [0.25, 0.3) is 55.4 Å². The fraction of sp³-hybridized carbons (Fsp3) is 0.135. The van der Waals surface area contributed by atoms with E-state index in [0.717, 1.165) is 89.7 Å². The van der Waals surface area contributed by atoms with Crippen LogP contribution >= 0.6 is 11.6 Å². The maximum Gasteiger partial charge on any atom is 0.131 e. The molecule has 0 saturated heterocycles. The van der Waals surface area contributed by atoms with Gasteiger partial charge in [-0.05, 0) is 54.1 Å². The Labute approximate surface area is 290 Å². The van der Waals surface area contributed by atoms with Crippen molar-refractivity contribution in [2.24, 2.45) is 0 Å². The topological polar surface area (TPSA) is 18.6 Å². The summed E-state index contributed by atoms with van der Waals surface area (Å²) in [6.07, 6.45) is 6.00. The molecular weight excluding hydrogens is 600 g/mol. The lowest BCUT2D eigenvalue weighted by molar-refractivity contribution is 0.428. The molecule has 2 unspecified atom stereocenters. The Morgan fingerprint density at radius 3 is 2.35 bits per heavy atom. The van der Waals surface area contributed by atoms with Gasteiger partial charge in [-0.3, -0.25) is 0 Å². The molecule has 3 aromatic heterocycles. The van der Waals surface area contributed by atoms with E-state index >= 15 is 0 Å². The number of hydrogen-bond acceptors (Lipinski definition) is 1. The molecule has 4 aromatic carbocycles. The van der Waals surface area contributed by atoms with E-state index in [2.05, 4.69) is 46.2 Å². The van der Waals surface area contributed by atoms with Crippen molar-refractivity contribution in [3.05, 3.63) is 80.8 Å². The van der Waals surface area contributed by atoms with Crippen molar-refractivity contribution in [3.8, 4) is 11.4 Å². The molecule has 48 heavy (non-hydrogen) atoms. The molecule has 4 aliphatic rings. The molecule has 11 heteroatoms. The highest BCUT2D eigenvalue weighted by Gasteiger charge is 2.42. The zero-order chi connectivity index (χ0) is 32.8. The summed E-state index contributed by atoms with van der Waals surface area (Å²) in [6, 6.07) is 10.4. The molecule has 2 aliphatic carbocycles. The highest BCUT2D eigenvalue weighted by Crippen LogP contribution is 2.56. The molecule has 14 radical (unpaired) electrons. The van der Waals surface area contributed by atoms with E-state index in [-0.39, 0.29) is 11.8 Å². The highest BCUT2D eigenvalue weighted by molar-refractivity contribution is 6.67. The summed E-state index contributed by atoms with van der Waals surface area (Å²) in [5.41, 5.74) is 14.5. The molecule has 2 atom stereocenters. The Kier molecular flexibility index (Phi) is 5.09. The van der Waals surface area contributed by atoms with Gasteiger partial charge in [-0.1, -0.05) is 46.2 Å². The molecule has 0 spiro atoms. The van der Waals surface area contributed by atoms with E-state index in [9.17, 15) is 0 Å². The van der Waals surface area contributed by atoms with E-state index in [1.54, 1.807) is 0 Å². The lowest BCUT2D eigenvalue weighted by Gasteiger charge is -2.21. The zero-order valence-corrected chi connectivity index (χ0v) is 26.6. The smallest absolute Gasteiger partial charge is 0.131 e. The van der Waals surface area contributed by atoms with Crippen molar-refractivity contribution >= 4 is 155 Å². The number of halogens is 1. The van der Waals surface area contributed by atoms with Crippen LogP contribution in [0.3, 0.4) is 0 Å². The first-order chi connectivity index (χ1) is 23.1. The van der Waals surface area contributed by atoms with Crippen LogP contribution in [0.1, 0.15) is 58.8 Å². The molecule has 7 aromatic rings. The molecule has 0 bridgehead atoms. The fourth-order valence-corrected chi connectivity index (χ4v) is 9.59. The lowest BCUT2D eigenvalue weighted by atomic mass is 9.65. The predicted octanol–water partition coefficient (Wildman–Crippen LogP) is 1.16. The average Bonchev–Trinajstić information content (AvgIpc) is 3.85. The van der Waals surface area contributed by atoms with Gasteiger partial charge in [0.2, 0.25) is 0 Å². The molecule has 0 amide bonds. The first-order valence-corrected chi connectivity index (χ1v) is 16.3. The molecule has 0 saturated carbocycles. The van der Waals surface area contributed by atoms with Crippen LogP contribution in [-0.4, -0.2) is 63.9 Å². The minimum atomic E-state index is -0.0226. The largest absolute Gasteiger partial charge is 0.461 e. The Bertz CT molecular complexity index is 2830. The summed E-state index contributed by atoms with van der Waals surface area (Å²) in [5.74, 6) is 1.89. The molecule has 5 heterocycles. The zero-order valence-electron chi connectivity index (χ0n) is 25.8. The number of fused-ring (bicyclic) bond motifs is 15. The second kappa shape index (κ2) is 8.76. The quantitative estimate of drug-likeness (QED) is 0.235. The molecule has 2 aliphatic heterocycles. The SMILES string of the molecule is [B]c1cc2c3c(Cl)ccc4c5c(n(c2c([B])c1[B])c43)CC1C(=C5)Oc2cc3c(cc21)-n1c2c(c4c([B])c([B])c([B])c([B])c41)C(C)=CCC32. The summed E-state index contributed by atoms with van der Waals surface area (Å²) in [7, 11) is 45.6. The van der Waals surface area contributed by atoms with Crippen LogP contribution in [-0.2, 0) is 6.42 Å². The number of allylic oxidation sites excluding steroid dienone is 3. The molecule has 3 nitrogen and oxygen atoms in total. The second-order valence-corrected chi connectivity index (χ2v) is 14.1. The minimum Gasteiger partial charge on any atom is -0.461 e. The highest BCUT2D eigenvalue weighted by atomic mass is 35.5. The lowest BCUT2D eigenvalue weighted by Crippen LogP contribution is -2.48. The Morgan fingerprint density at radius 1 is 0.771 bits per heavy atom. The third-order valence-corrected chi connectivity index (χ3v) is 11.8. The number of benzene rings is 4. The second-order valence-electron chi connectivity index (χ2n) is 13.7. The average molecular weight is 616 g/mol. The maximum absolute atomic E-state index is 6.85. The first-order valence-electron chi connectivity index (χ1n) is 16.0. The van der Waals surface area contributed by atoms with Crippen LogP contribution in [0.4, 0.5) is 0 Å². The van der Waals surface area contributed by atoms with E-state index in [1.807, 2.05) is 12.1 Å². The van der Waals surface area contributed by atoms with Gasteiger partial charge < -0.3 is 13.7 Å². The number of nitrogens with zero attached hydrogens (tertiary/aromatic N) is 2. The third kappa shape index (κ3) is 2.97. The van der Waals surface area contributed by atoms with Crippen molar-refractivity contribution < 1.29 is 4.74 Å². The molecule has 0 fully saturated rings. The molecule has 208 valence electrons. The van der Waals surface area contributed by atoms with Crippen molar-refractivity contribution in [2.45, 2.75) is 31.6 Å². The van der Waals surface area contributed by atoms with Crippen LogP contribution < -0.4 is 43.0 Å². The van der Waals surface area contributed by atoms with Crippen LogP contribution in [0.5, 0.6) is 5.75 Å². The van der Waals surface area contributed by atoms with Gasteiger partial charge in [0.15, 0.2) is 0 Å². The monoisotopic (exact) mass is 616 g/mol. The Hall–Kier alpha value is -4.02. The standard InChI is InChI=1S/C37H16B7ClN2O/c1-11-2-3-12-14-9-23-17(8-22(14)47-34(12)25(11)27-29(40)30(41)31(42)33(44)37(27)47)16-7-21-15(10-24(16)48-23)13-4-5-20(45)26-18-6-19(38)28(39)32(43)36(18)46(21)35(13)26/h2,4-6,8-10,12,16H,3,7H2,1H3. The summed E-state index contributed by atoms with van der Waals surface area (Å²) in [6.45, 7) is 2.12. The third-order valence-electron chi connectivity index (χ3n) is 11.5. The molecule has 0 N–H and O–H groups in total.